The van der Waals surface area contributed by atoms with Crippen molar-refractivity contribution in [1.82, 2.24) is 19.5 Å². The Morgan fingerprint density at radius 3 is 2.35 bits per heavy atom. The lowest BCUT2D eigenvalue weighted by Crippen LogP contribution is -2.12. The van der Waals surface area contributed by atoms with E-state index in [9.17, 15) is 0 Å². The van der Waals surface area contributed by atoms with E-state index < -0.39 is 0 Å². The topological polar surface area (TPSA) is 56.7 Å². The van der Waals surface area contributed by atoms with Crippen molar-refractivity contribution >= 4 is 44.0 Å². The zero-order valence-electron chi connectivity index (χ0n) is 28.6. The zero-order chi connectivity index (χ0) is 33.3. The second-order valence-electron chi connectivity index (χ2n) is 14.8. The Bertz CT molecular complexity index is 2530. The van der Waals surface area contributed by atoms with Crippen molar-refractivity contribution in [3.05, 3.63) is 120 Å². The molecule has 1 aliphatic carbocycles. The highest BCUT2D eigenvalue weighted by Gasteiger charge is 2.25. The number of hydrogen-bond acceptors (Lipinski definition) is 4. The Morgan fingerprint density at radius 1 is 0.714 bits per heavy atom. The van der Waals surface area contributed by atoms with Crippen LogP contribution in [-0.2, 0) is 5.41 Å². The van der Waals surface area contributed by atoms with Crippen molar-refractivity contribution in [2.24, 2.45) is 0 Å². The molecular weight excluding hydrogens is 601 g/mol. The summed E-state index contributed by atoms with van der Waals surface area (Å²) in [6.07, 6.45) is 6.27. The zero-order valence-corrected chi connectivity index (χ0v) is 28.6. The fourth-order valence-electron chi connectivity index (χ4n) is 7.80. The van der Waals surface area contributed by atoms with Gasteiger partial charge in [-0.15, -0.1) is 0 Å². The predicted octanol–water partition coefficient (Wildman–Crippen LogP) is 11.9. The van der Waals surface area contributed by atoms with Crippen LogP contribution in [0.25, 0.3) is 72.2 Å². The molecule has 0 unspecified atom stereocenters. The molecular formula is C44H40N4O. The van der Waals surface area contributed by atoms with Crippen LogP contribution in [0.2, 0.25) is 0 Å². The number of pyridine rings is 2. The van der Waals surface area contributed by atoms with Gasteiger partial charge in [0, 0.05) is 39.0 Å². The number of rotatable bonds is 4. The molecule has 49 heavy (non-hydrogen) atoms. The molecule has 5 heteroatoms. The molecule has 8 aromatic rings. The number of fused-ring (bicyclic) bond motifs is 6. The first kappa shape index (κ1) is 29.8. The molecule has 1 aliphatic rings. The third kappa shape index (κ3) is 5.02. The minimum atomic E-state index is -0.0173. The monoisotopic (exact) mass is 640 g/mol. The normalized spacial score (nSPS) is 14.4. The lowest BCUT2D eigenvalue weighted by Gasteiger charge is -2.23. The summed E-state index contributed by atoms with van der Waals surface area (Å²) < 4.78 is 9.08. The Morgan fingerprint density at radius 2 is 1.53 bits per heavy atom. The molecule has 242 valence electrons. The number of para-hydroxylation sites is 1. The fourth-order valence-corrected chi connectivity index (χ4v) is 7.80. The average Bonchev–Trinajstić information content (AvgIpc) is 3.70. The number of furan rings is 1. The van der Waals surface area contributed by atoms with Gasteiger partial charge in [-0.3, -0.25) is 9.55 Å². The Balaban J connectivity index is 1.36. The quantitative estimate of drug-likeness (QED) is 0.192. The maximum Gasteiger partial charge on any atom is 0.227 e. The summed E-state index contributed by atoms with van der Waals surface area (Å²) >= 11 is 0. The molecule has 0 N–H and O–H groups in total. The second kappa shape index (κ2) is 11.4. The maximum absolute atomic E-state index is 6.76. The smallest absolute Gasteiger partial charge is 0.227 e. The van der Waals surface area contributed by atoms with E-state index in [1.165, 1.54) is 37.7 Å². The minimum Gasteiger partial charge on any atom is -0.437 e. The molecule has 4 aromatic heterocycles. The number of aromatic nitrogens is 4. The van der Waals surface area contributed by atoms with Gasteiger partial charge in [0.25, 0.3) is 0 Å². The summed E-state index contributed by atoms with van der Waals surface area (Å²) in [6.45, 7) is 8.86. The van der Waals surface area contributed by atoms with Crippen molar-refractivity contribution in [1.29, 1.82) is 0 Å². The van der Waals surface area contributed by atoms with E-state index in [0.717, 1.165) is 77.9 Å². The van der Waals surface area contributed by atoms with Crippen LogP contribution >= 0.6 is 0 Å². The molecule has 1 saturated carbocycles. The summed E-state index contributed by atoms with van der Waals surface area (Å²) in [6, 6.07) is 36.9. The van der Waals surface area contributed by atoms with Crippen LogP contribution < -0.4 is 0 Å². The van der Waals surface area contributed by atoms with E-state index in [4.69, 9.17) is 19.4 Å². The van der Waals surface area contributed by atoms with Crippen LogP contribution in [0.15, 0.2) is 108 Å². The summed E-state index contributed by atoms with van der Waals surface area (Å²) in [7, 11) is 0. The summed E-state index contributed by atoms with van der Waals surface area (Å²) in [5.74, 6) is 1.33. The molecule has 5 nitrogen and oxygen atoms in total. The van der Waals surface area contributed by atoms with Gasteiger partial charge in [-0.25, -0.2) is 9.97 Å². The summed E-state index contributed by atoms with van der Waals surface area (Å²) in [4.78, 5) is 15.6. The lowest BCUT2D eigenvalue weighted by molar-refractivity contribution is 0.436. The molecule has 9 rings (SSSR count). The lowest BCUT2D eigenvalue weighted by atomic mass is 9.85. The van der Waals surface area contributed by atoms with E-state index in [2.05, 4.69) is 135 Å². The van der Waals surface area contributed by atoms with Gasteiger partial charge in [-0.05, 0) is 78.8 Å². The predicted molar refractivity (Wildman–Crippen MR) is 202 cm³/mol. The highest BCUT2D eigenvalue weighted by molar-refractivity contribution is 6.10. The highest BCUT2D eigenvalue weighted by Crippen LogP contribution is 2.42. The first-order valence-corrected chi connectivity index (χ1v) is 17.7. The molecule has 0 amide bonds. The molecule has 0 spiro atoms. The van der Waals surface area contributed by atoms with E-state index in [1.54, 1.807) is 0 Å². The SMILES string of the molecule is Cc1ccc2ccc3nc(-c4cccc5c4oc4nc(C6CCCCC6)ccc45)n(-c4ccc(C(C)(C)C)cc4-c4ccccc4)c3c2n1. The van der Waals surface area contributed by atoms with Crippen molar-refractivity contribution in [3.8, 4) is 28.2 Å². The molecule has 4 aromatic carbocycles. The molecule has 4 heterocycles. The molecule has 0 atom stereocenters. The van der Waals surface area contributed by atoms with Gasteiger partial charge in [0.1, 0.15) is 11.4 Å². The number of aryl methyl sites for hydroxylation is 1. The molecule has 0 saturated heterocycles. The van der Waals surface area contributed by atoms with Gasteiger partial charge < -0.3 is 4.42 Å². The molecule has 1 fully saturated rings. The van der Waals surface area contributed by atoms with Crippen LogP contribution in [0, 0.1) is 6.92 Å². The van der Waals surface area contributed by atoms with Gasteiger partial charge in [0.15, 0.2) is 0 Å². The fraction of sp³-hybridized carbons (Fsp3) is 0.250. The van der Waals surface area contributed by atoms with Gasteiger partial charge in [-0.1, -0.05) is 101 Å². The Hall–Kier alpha value is -5.29. The number of hydrogen-bond donors (Lipinski definition) is 0. The summed E-state index contributed by atoms with van der Waals surface area (Å²) in [5.41, 5.74) is 12.0. The van der Waals surface area contributed by atoms with Crippen LogP contribution in [0.4, 0.5) is 0 Å². The van der Waals surface area contributed by atoms with Crippen molar-refractivity contribution in [3.63, 3.8) is 0 Å². The summed E-state index contributed by atoms with van der Waals surface area (Å²) in [5, 5.41) is 3.18. The van der Waals surface area contributed by atoms with Crippen LogP contribution in [-0.4, -0.2) is 19.5 Å². The molecule has 0 radical (unpaired) electrons. The average molecular weight is 641 g/mol. The van der Waals surface area contributed by atoms with Crippen LogP contribution in [0.1, 0.15) is 75.7 Å². The van der Waals surface area contributed by atoms with E-state index in [0.29, 0.717) is 11.6 Å². The van der Waals surface area contributed by atoms with Crippen LogP contribution in [0.5, 0.6) is 0 Å². The second-order valence-corrected chi connectivity index (χ2v) is 14.8. The van der Waals surface area contributed by atoms with E-state index >= 15 is 0 Å². The highest BCUT2D eigenvalue weighted by atomic mass is 16.3. The number of nitrogens with zero attached hydrogens (tertiary/aromatic N) is 4. The number of imidazole rings is 1. The van der Waals surface area contributed by atoms with Gasteiger partial charge in [-0.2, -0.15) is 0 Å². The first-order valence-electron chi connectivity index (χ1n) is 17.7. The third-order valence-corrected chi connectivity index (χ3v) is 10.5. The minimum absolute atomic E-state index is 0.0173. The molecule has 0 bridgehead atoms. The van der Waals surface area contributed by atoms with Crippen molar-refractivity contribution < 1.29 is 4.42 Å². The van der Waals surface area contributed by atoms with Crippen LogP contribution in [0.3, 0.4) is 0 Å². The van der Waals surface area contributed by atoms with E-state index in [1.807, 2.05) is 0 Å². The maximum atomic E-state index is 6.76. The standard InChI is InChI=1S/C44H40N4O/c1-27-18-19-30-20-23-37-40(39(30)45-27)48(38-25-21-31(44(2,3)4)26-35(38)28-12-7-5-8-13-28)42(46-37)34-17-11-16-32-33-22-24-36(29-14-9-6-10-15-29)47-43(33)49-41(32)34/h5,7-8,11-13,16-26,29H,6,9-10,14-15H2,1-4H3. The van der Waals surface area contributed by atoms with Gasteiger partial charge in [0.05, 0.1) is 27.8 Å². The van der Waals surface area contributed by atoms with E-state index in [-0.39, 0.29) is 5.41 Å². The third-order valence-electron chi connectivity index (χ3n) is 10.5. The van der Waals surface area contributed by atoms with Gasteiger partial charge >= 0.3 is 0 Å². The van der Waals surface area contributed by atoms with Crippen molar-refractivity contribution in [2.45, 2.75) is 71.1 Å². The van der Waals surface area contributed by atoms with Gasteiger partial charge in [0.2, 0.25) is 5.71 Å². The Labute approximate surface area is 286 Å². The largest absolute Gasteiger partial charge is 0.437 e. The molecule has 0 aliphatic heterocycles. The Kier molecular flexibility index (Phi) is 6.94. The van der Waals surface area contributed by atoms with Crippen molar-refractivity contribution in [2.75, 3.05) is 0 Å². The number of benzene rings is 4. The first-order chi connectivity index (χ1) is 23.8.